The van der Waals surface area contributed by atoms with E-state index in [0.717, 1.165) is 23.5 Å². The van der Waals surface area contributed by atoms with Crippen LogP contribution < -0.4 is 14.8 Å². The van der Waals surface area contributed by atoms with E-state index in [1.807, 2.05) is 18.2 Å². The second-order valence-electron chi connectivity index (χ2n) is 4.64. The summed E-state index contributed by atoms with van der Waals surface area (Å²) < 4.78 is 11.0. The summed E-state index contributed by atoms with van der Waals surface area (Å²) in [6, 6.07) is 6.02. The van der Waals surface area contributed by atoms with E-state index in [2.05, 4.69) is 19.2 Å². The third-order valence-electron chi connectivity index (χ3n) is 3.22. The fourth-order valence-corrected chi connectivity index (χ4v) is 1.84. The Morgan fingerprint density at radius 2 is 2.00 bits per heavy atom. The lowest BCUT2D eigenvalue weighted by atomic mass is 10.1. The summed E-state index contributed by atoms with van der Waals surface area (Å²) in [7, 11) is 0. The number of ether oxygens (including phenoxy) is 2. The van der Waals surface area contributed by atoms with Gasteiger partial charge in [-0.3, -0.25) is 0 Å². The quantitative estimate of drug-likeness (QED) is 0.839. The Kier molecular flexibility index (Phi) is 4.44. The van der Waals surface area contributed by atoms with Crippen LogP contribution in [0.4, 0.5) is 0 Å². The molecule has 2 unspecified atom stereocenters. The molecule has 4 heteroatoms. The van der Waals surface area contributed by atoms with E-state index in [9.17, 15) is 5.11 Å². The van der Waals surface area contributed by atoms with E-state index in [4.69, 9.17) is 9.47 Å². The number of hydrogen-bond donors (Lipinski definition) is 2. The summed E-state index contributed by atoms with van der Waals surface area (Å²) in [5, 5.41) is 13.4. The van der Waals surface area contributed by atoms with Gasteiger partial charge in [0.1, 0.15) is 13.2 Å². The lowest BCUT2D eigenvalue weighted by Crippen LogP contribution is -2.29. The monoisotopic (exact) mass is 251 g/mol. The fourth-order valence-electron chi connectivity index (χ4n) is 1.84. The van der Waals surface area contributed by atoms with Crippen molar-refractivity contribution in [2.24, 2.45) is 0 Å². The van der Waals surface area contributed by atoms with Crippen molar-refractivity contribution in [2.45, 2.75) is 32.4 Å². The molecule has 0 aromatic heterocycles. The van der Waals surface area contributed by atoms with Crippen LogP contribution in [-0.2, 0) is 0 Å². The van der Waals surface area contributed by atoms with Crippen LogP contribution in [0.25, 0.3) is 0 Å². The summed E-state index contributed by atoms with van der Waals surface area (Å²) in [5.74, 6) is 1.48. The third kappa shape index (κ3) is 3.15. The van der Waals surface area contributed by atoms with Crippen LogP contribution in [0, 0.1) is 0 Å². The van der Waals surface area contributed by atoms with Crippen LogP contribution in [0.15, 0.2) is 18.2 Å². The molecule has 2 N–H and O–H groups in total. The van der Waals surface area contributed by atoms with Gasteiger partial charge in [-0.05, 0) is 31.0 Å². The van der Waals surface area contributed by atoms with Gasteiger partial charge in [-0.1, -0.05) is 13.0 Å². The molecule has 1 heterocycles. The lowest BCUT2D eigenvalue weighted by Gasteiger charge is -2.21. The Bertz CT molecular complexity index is 395. The van der Waals surface area contributed by atoms with E-state index in [1.54, 1.807) is 0 Å². The van der Waals surface area contributed by atoms with Gasteiger partial charge in [0.15, 0.2) is 11.5 Å². The predicted octanol–water partition coefficient (Wildman–Crippen LogP) is 1.88. The molecule has 1 aromatic carbocycles. The number of fused-ring (bicyclic) bond motifs is 1. The van der Waals surface area contributed by atoms with Gasteiger partial charge in [-0.25, -0.2) is 0 Å². The highest BCUT2D eigenvalue weighted by atomic mass is 16.6. The molecule has 0 bridgehead atoms. The van der Waals surface area contributed by atoms with Gasteiger partial charge in [0, 0.05) is 12.6 Å². The van der Waals surface area contributed by atoms with E-state index >= 15 is 0 Å². The number of benzene rings is 1. The predicted molar refractivity (Wildman–Crippen MR) is 70.1 cm³/mol. The van der Waals surface area contributed by atoms with Crippen LogP contribution >= 0.6 is 0 Å². The zero-order chi connectivity index (χ0) is 13.0. The Balaban J connectivity index is 1.99. The number of nitrogens with one attached hydrogen (secondary N) is 1. The first-order chi connectivity index (χ1) is 8.70. The first kappa shape index (κ1) is 13.2. The van der Waals surface area contributed by atoms with Gasteiger partial charge < -0.3 is 19.9 Å². The third-order valence-corrected chi connectivity index (χ3v) is 3.22. The number of hydrogen-bond acceptors (Lipinski definition) is 4. The second kappa shape index (κ2) is 6.07. The first-order valence-corrected chi connectivity index (χ1v) is 6.51. The van der Waals surface area contributed by atoms with Gasteiger partial charge in [0.2, 0.25) is 0 Å². The highest BCUT2D eigenvalue weighted by Crippen LogP contribution is 2.32. The minimum absolute atomic E-state index is 0.414. The van der Waals surface area contributed by atoms with Crippen LogP contribution in [0.2, 0.25) is 0 Å². The minimum Gasteiger partial charge on any atom is -0.486 e. The van der Waals surface area contributed by atoms with Crippen LogP contribution in [0.1, 0.15) is 31.9 Å². The average molecular weight is 251 g/mol. The maximum Gasteiger partial charge on any atom is 0.161 e. The topological polar surface area (TPSA) is 50.7 Å². The van der Waals surface area contributed by atoms with Crippen molar-refractivity contribution in [1.82, 2.24) is 5.32 Å². The summed E-state index contributed by atoms with van der Waals surface area (Å²) >= 11 is 0. The molecule has 2 atom stereocenters. The Hall–Kier alpha value is -1.26. The van der Waals surface area contributed by atoms with Crippen LogP contribution in [-0.4, -0.2) is 30.9 Å². The van der Waals surface area contributed by atoms with Crippen molar-refractivity contribution in [3.05, 3.63) is 23.8 Å². The normalized spacial score (nSPS) is 17.3. The van der Waals surface area contributed by atoms with Gasteiger partial charge in [-0.2, -0.15) is 0 Å². The van der Waals surface area contributed by atoms with Crippen LogP contribution in [0.5, 0.6) is 11.5 Å². The average Bonchev–Trinajstić information content (AvgIpc) is 2.43. The van der Waals surface area contributed by atoms with Crippen LogP contribution in [0.3, 0.4) is 0 Å². The minimum atomic E-state index is -0.519. The molecule has 4 nitrogen and oxygen atoms in total. The standard InChI is InChI=1S/C14H21NO3/c1-3-10(2)15-9-12(16)11-4-5-13-14(8-11)18-7-6-17-13/h4-5,8,10,12,15-16H,3,6-7,9H2,1-2H3. The molecule has 0 radical (unpaired) electrons. The Morgan fingerprint density at radius 1 is 1.28 bits per heavy atom. The van der Waals surface area contributed by atoms with Crippen molar-refractivity contribution in [2.75, 3.05) is 19.8 Å². The van der Waals surface area contributed by atoms with Crippen molar-refractivity contribution >= 4 is 0 Å². The number of aliphatic hydroxyl groups excluding tert-OH is 1. The second-order valence-corrected chi connectivity index (χ2v) is 4.64. The highest BCUT2D eigenvalue weighted by molar-refractivity contribution is 5.44. The zero-order valence-corrected chi connectivity index (χ0v) is 11.0. The van der Waals surface area contributed by atoms with E-state index < -0.39 is 6.10 Å². The molecule has 1 aliphatic rings. The zero-order valence-electron chi connectivity index (χ0n) is 11.0. The van der Waals surface area contributed by atoms with Crippen molar-refractivity contribution in [3.63, 3.8) is 0 Å². The highest BCUT2D eigenvalue weighted by Gasteiger charge is 2.15. The molecular formula is C14H21NO3. The van der Waals surface area contributed by atoms with Gasteiger partial charge in [0.25, 0.3) is 0 Å². The van der Waals surface area contributed by atoms with Gasteiger partial charge in [0.05, 0.1) is 6.10 Å². The molecule has 0 fully saturated rings. The summed E-state index contributed by atoms with van der Waals surface area (Å²) in [4.78, 5) is 0. The Labute approximate surface area is 108 Å². The van der Waals surface area contributed by atoms with Crippen molar-refractivity contribution in [1.29, 1.82) is 0 Å². The molecule has 0 saturated heterocycles. The number of rotatable bonds is 5. The van der Waals surface area contributed by atoms with Crippen molar-refractivity contribution < 1.29 is 14.6 Å². The summed E-state index contributed by atoms with van der Waals surface area (Å²) in [6.45, 7) is 5.93. The molecular weight excluding hydrogens is 230 g/mol. The SMILES string of the molecule is CCC(C)NCC(O)c1ccc2c(c1)OCCO2. The molecule has 1 aliphatic heterocycles. The van der Waals surface area contributed by atoms with E-state index in [1.165, 1.54) is 0 Å². The molecule has 0 aliphatic carbocycles. The molecule has 18 heavy (non-hydrogen) atoms. The number of aliphatic hydroxyl groups is 1. The van der Waals surface area contributed by atoms with Gasteiger partial charge >= 0.3 is 0 Å². The summed E-state index contributed by atoms with van der Waals surface area (Å²) in [6.07, 6.45) is 0.531. The molecule has 0 amide bonds. The maximum atomic E-state index is 10.1. The lowest BCUT2D eigenvalue weighted by molar-refractivity contribution is 0.161. The van der Waals surface area contributed by atoms with E-state index in [-0.39, 0.29) is 0 Å². The molecule has 100 valence electrons. The smallest absolute Gasteiger partial charge is 0.161 e. The summed E-state index contributed by atoms with van der Waals surface area (Å²) in [5.41, 5.74) is 0.857. The fraction of sp³-hybridized carbons (Fsp3) is 0.571. The molecule has 0 saturated carbocycles. The van der Waals surface area contributed by atoms with E-state index in [0.29, 0.717) is 25.8 Å². The maximum absolute atomic E-state index is 10.1. The molecule has 2 rings (SSSR count). The Morgan fingerprint density at radius 3 is 2.72 bits per heavy atom. The largest absolute Gasteiger partial charge is 0.486 e. The van der Waals surface area contributed by atoms with Crippen molar-refractivity contribution in [3.8, 4) is 11.5 Å². The van der Waals surface area contributed by atoms with Gasteiger partial charge in [-0.15, -0.1) is 0 Å². The first-order valence-electron chi connectivity index (χ1n) is 6.51. The molecule has 1 aromatic rings. The molecule has 0 spiro atoms.